The molecule has 2 atom stereocenters. The van der Waals surface area contributed by atoms with Gasteiger partial charge in [0, 0.05) is 42.6 Å². The molecule has 2 heterocycles. The highest BCUT2D eigenvalue weighted by atomic mass is 79.9. The van der Waals surface area contributed by atoms with E-state index < -0.39 is 11.6 Å². The van der Waals surface area contributed by atoms with E-state index in [1.54, 1.807) is 7.11 Å². The third-order valence-electron chi connectivity index (χ3n) is 7.21. The first-order chi connectivity index (χ1) is 19.0. The molecule has 0 saturated carbocycles. The fourth-order valence-electron chi connectivity index (χ4n) is 5.20. The van der Waals surface area contributed by atoms with Crippen molar-refractivity contribution in [1.29, 1.82) is 0 Å². The van der Waals surface area contributed by atoms with Crippen LogP contribution in [0.15, 0.2) is 82.3 Å². The Morgan fingerprint density at radius 3 is 2.56 bits per heavy atom. The summed E-state index contributed by atoms with van der Waals surface area (Å²) in [5.41, 5.74) is 1.38. The van der Waals surface area contributed by atoms with Crippen LogP contribution in [0.25, 0.3) is 0 Å². The molecule has 1 N–H and O–H groups in total. The van der Waals surface area contributed by atoms with Crippen LogP contribution in [-0.4, -0.2) is 60.8 Å². The summed E-state index contributed by atoms with van der Waals surface area (Å²) in [6.45, 7) is 1.95. The number of aliphatic imine (C=N–C) groups is 1. The Morgan fingerprint density at radius 2 is 1.85 bits per heavy atom. The monoisotopic (exact) mass is 592 g/mol. The molecule has 0 spiro atoms. The van der Waals surface area contributed by atoms with Crippen molar-refractivity contribution < 1.29 is 24.1 Å². The van der Waals surface area contributed by atoms with Gasteiger partial charge in [0.2, 0.25) is 5.90 Å². The van der Waals surface area contributed by atoms with E-state index in [1.165, 1.54) is 0 Å². The maximum atomic E-state index is 14.5. The van der Waals surface area contributed by atoms with E-state index in [1.807, 2.05) is 77.7 Å². The number of likely N-dealkylation sites (tertiary alicyclic amines) is 1. The van der Waals surface area contributed by atoms with Crippen molar-refractivity contribution in [2.45, 2.75) is 37.3 Å². The molecular weight excluding hydrogens is 560 g/mol. The summed E-state index contributed by atoms with van der Waals surface area (Å²) in [5.74, 6) is 1.78. The Morgan fingerprint density at radius 1 is 1.08 bits per heavy atom. The summed E-state index contributed by atoms with van der Waals surface area (Å²) >= 11 is 3.69. The second-order valence-electron chi connectivity index (χ2n) is 9.83. The lowest BCUT2D eigenvalue weighted by Crippen LogP contribution is -2.51. The van der Waals surface area contributed by atoms with Crippen LogP contribution in [0.5, 0.6) is 11.5 Å². The second-order valence-corrected chi connectivity index (χ2v) is 10.7. The number of hydrogen-bond donors (Lipinski definition) is 1. The molecule has 0 radical (unpaired) electrons. The number of benzene rings is 3. The van der Waals surface area contributed by atoms with Gasteiger partial charge in [-0.2, -0.15) is 0 Å². The molecule has 2 aliphatic heterocycles. The van der Waals surface area contributed by atoms with Gasteiger partial charge in [0.25, 0.3) is 5.91 Å². The van der Waals surface area contributed by atoms with Crippen LogP contribution < -0.4 is 9.47 Å². The van der Waals surface area contributed by atoms with Gasteiger partial charge in [-0.05, 0) is 66.4 Å². The number of amides is 1. The van der Waals surface area contributed by atoms with Gasteiger partial charge in [0.15, 0.2) is 11.6 Å². The van der Waals surface area contributed by atoms with Crippen LogP contribution in [0.1, 0.15) is 42.1 Å². The minimum absolute atomic E-state index is 0.0254. The highest BCUT2D eigenvalue weighted by Crippen LogP contribution is 2.45. The van der Waals surface area contributed by atoms with Gasteiger partial charge in [0.1, 0.15) is 11.5 Å². The van der Waals surface area contributed by atoms with Crippen LogP contribution in [0.2, 0.25) is 0 Å². The van der Waals surface area contributed by atoms with Crippen molar-refractivity contribution in [2.24, 2.45) is 4.99 Å². The molecule has 204 valence electrons. The fourth-order valence-corrected chi connectivity index (χ4v) is 5.62. The van der Waals surface area contributed by atoms with Crippen molar-refractivity contribution >= 4 is 27.7 Å². The lowest BCUT2D eigenvalue weighted by Gasteiger charge is -2.34. The summed E-state index contributed by atoms with van der Waals surface area (Å²) in [5, 5.41) is 9.02. The maximum Gasteiger partial charge on any atom is 0.255 e. The smallest absolute Gasteiger partial charge is 0.255 e. The molecule has 39 heavy (non-hydrogen) atoms. The van der Waals surface area contributed by atoms with Gasteiger partial charge in [-0.25, -0.2) is 4.99 Å². The average Bonchev–Trinajstić information content (AvgIpc) is 3.64. The van der Waals surface area contributed by atoms with Crippen LogP contribution in [0.4, 0.5) is 0 Å². The van der Waals surface area contributed by atoms with E-state index >= 15 is 0 Å². The number of methoxy groups -OCH3 is 1. The van der Waals surface area contributed by atoms with Gasteiger partial charge in [-0.3, -0.25) is 4.79 Å². The average molecular weight is 594 g/mol. The minimum Gasteiger partial charge on any atom is -0.497 e. The van der Waals surface area contributed by atoms with E-state index in [-0.39, 0.29) is 12.5 Å². The maximum absolute atomic E-state index is 14.5. The predicted molar refractivity (Wildman–Crippen MR) is 153 cm³/mol. The van der Waals surface area contributed by atoms with E-state index in [0.717, 1.165) is 34.0 Å². The summed E-state index contributed by atoms with van der Waals surface area (Å²) < 4.78 is 18.8. The number of rotatable bonds is 10. The number of carbonyl (C=O) groups is 1. The molecule has 0 bridgehead atoms. The minimum atomic E-state index is -1.20. The van der Waals surface area contributed by atoms with Gasteiger partial charge in [-0.15, -0.1) is 0 Å². The second kappa shape index (κ2) is 12.2. The summed E-state index contributed by atoms with van der Waals surface area (Å²) in [6, 6.07) is 23.1. The molecular formula is C31H33BrN2O5. The van der Waals surface area contributed by atoms with E-state index in [2.05, 4.69) is 15.9 Å². The molecule has 3 aromatic carbocycles. The lowest BCUT2D eigenvalue weighted by atomic mass is 9.81. The number of halogens is 1. The standard InChI is InChI=1S/C31H33BrN2O5/c1-37-26-10-6-9-23(20-26)28-31(30(36)34-16-4-5-17-34,21-24-8-2-3-11-27(24)32)33-29(39-28)22-12-14-25(15-13-22)38-19-7-18-35/h2-3,6,8-15,20,28,35H,4-5,7,16-19,21H2,1H3/t28-,31-/m1/s1. The van der Waals surface area contributed by atoms with Crippen molar-refractivity contribution in [3.05, 3.63) is 94.0 Å². The molecule has 2 aliphatic rings. The molecule has 3 aromatic rings. The summed E-state index contributed by atoms with van der Waals surface area (Å²) in [7, 11) is 1.63. The summed E-state index contributed by atoms with van der Waals surface area (Å²) in [6.07, 6.45) is 2.25. The Balaban J connectivity index is 1.60. The van der Waals surface area contributed by atoms with Crippen molar-refractivity contribution in [3.63, 3.8) is 0 Å². The molecule has 7 nitrogen and oxygen atoms in total. The van der Waals surface area contributed by atoms with Gasteiger partial charge < -0.3 is 24.2 Å². The van der Waals surface area contributed by atoms with Crippen molar-refractivity contribution in [2.75, 3.05) is 33.4 Å². The number of aliphatic hydroxyl groups is 1. The number of ether oxygens (including phenoxy) is 3. The zero-order valence-corrected chi connectivity index (χ0v) is 23.6. The number of hydrogen-bond acceptors (Lipinski definition) is 6. The van der Waals surface area contributed by atoms with Gasteiger partial charge in [-0.1, -0.05) is 46.3 Å². The van der Waals surface area contributed by atoms with Gasteiger partial charge >= 0.3 is 0 Å². The number of carbonyl (C=O) groups excluding carboxylic acids is 1. The Bertz CT molecular complexity index is 1320. The largest absolute Gasteiger partial charge is 0.497 e. The molecule has 1 amide bonds. The van der Waals surface area contributed by atoms with Crippen LogP contribution in [-0.2, 0) is 16.0 Å². The van der Waals surface area contributed by atoms with Crippen LogP contribution in [0.3, 0.4) is 0 Å². The molecule has 0 aliphatic carbocycles. The number of aliphatic hydroxyl groups excluding tert-OH is 1. The van der Waals surface area contributed by atoms with E-state index in [4.69, 9.17) is 24.3 Å². The lowest BCUT2D eigenvalue weighted by molar-refractivity contribution is -0.138. The predicted octanol–water partition coefficient (Wildman–Crippen LogP) is 5.34. The Kier molecular flexibility index (Phi) is 8.53. The molecule has 1 fully saturated rings. The van der Waals surface area contributed by atoms with Crippen molar-refractivity contribution in [3.8, 4) is 11.5 Å². The first kappa shape index (κ1) is 27.2. The fraction of sp³-hybridized carbons (Fsp3) is 0.355. The van der Waals surface area contributed by atoms with Crippen molar-refractivity contribution in [1.82, 2.24) is 4.90 Å². The normalized spacial score (nSPS) is 20.4. The summed E-state index contributed by atoms with van der Waals surface area (Å²) in [4.78, 5) is 21.5. The SMILES string of the molecule is COc1cccc([C@H]2OC(c3ccc(OCCCO)cc3)=N[C@@]2(Cc2ccccc2Br)C(=O)N2CCCC2)c1. The highest BCUT2D eigenvalue weighted by molar-refractivity contribution is 9.10. The molecule has 0 unspecified atom stereocenters. The van der Waals surface area contributed by atoms with Crippen LogP contribution in [0, 0.1) is 0 Å². The number of nitrogens with zero attached hydrogens (tertiary/aromatic N) is 2. The quantitative estimate of drug-likeness (QED) is 0.321. The highest BCUT2D eigenvalue weighted by Gasteiger charge is 2.55. The zero-order chi connectivity index (χ0) is 27.2. The van der Waals surface area contributed by atoms with E-state index in [0.29, 0.717) is 49.9 Å². The van der Waals surface area contributed by atoms with Crippen LogP contribution >= 0.6 is 15.9 Å². The topological polar surface area (TPSA) is 80.6 Å². The molecule has 0 aromatic heterocycles. The molecule has 5 rings (SSSR count). The Hall–Kier alpha value is -3.36. The zero-order valence-electron chi connectivity index (χ0n) is 22.0. The molecule has 8 heteroatoms. The first-order valence-corrected chi connectivity index (χ1v) is 14.1. The van der Waals surface area contributed by atoms with E-state index in [9.17, 15) is 4.79 Å². The first-order valence-electron chi connectivity index (χ1n) is 13.3. The van der Waals surface area contributed by atoms with Gasteiger partial charge in [0.05, 0.1) is 13.7 Å². The third-order valence-corrected chi connectivity index (χ3v) is 7.99. The third kappa shape index (κ3) is 5.82. The Labute approximate surface area is 237 Å². The molecule has 1 saturated heterocycles.